The normalized spacial score (nSPS) is 18.9. The molecule has 0 amide bonds. The molecule has 1 heteroatoms. The van der Waals surface area contributed by atoms with Crippen LogP contribution in [0.1, 0.15) is 26.2 Å². The molecule has 0 aromatic rings. The van der Waals surface area contributed by atoms with E-state index >= 15 is 0 Å². The minimum Gasteiger partial charge on any atom is -0.143 e. The van der Waals surface area contributed by atoms with Crippen LogP contribution in [0, 0.1) is 0 Å². The fourth-order valence-electron chi connectivity index (χ4n) is 1.04. The van der Waals surface area contributed by atoms with Crippen LogP contribution in [0.4, 0.5) is 0 Å². The summed E-state index contributed by atoms with van der Waals surface area (Å²) in [5.74, 6) is 0. The first-order valence-corrected chi connectivity index (χ1v) is 3.88. The van der Waals surface area contributed by atoms with Crippen molar-refractivity contribution in [3.8, 4) is 0 Å². The second kappa shape index (κ2) is 3.11. The SMILES string of the molecule is CCC1=CCCC=C1S. The lowest BCUT2D eigenvalue weighted by atomic mass is 10.1. The van der Waals surface area contributed by atoms with Crippen molar-refractivity contribution >= 4 is 12.6 Å². The highest BCUT2D eigenvalue weighted by atomic mass is 32.1. The van der Waals surface area contributed by atoms with E-state index < -0.39 is 0 Å². The molecule has 0 aromatic heterocycles. The predicted molar refractivity (Wildman–Crippen MR) is 44.7 cm³/mol. The van der Waals surface area contributed by atoms with Gasteiger partial charge in [0.05, 0.1) is 0 Å². The predicted octanol–water partition coefficient (Wildman–Crippen LogP) is 2.93. The number of hydrogen-bond donors (Lipinski definition) is 1. The van der Waals surface area contributed by atoms with Gasteiger partial charge in [0.25, 0.3) is 0 Å². The van der Waals surface area contributed by atoms with Gasteiger partial charge >= 0.3 is 0 Å². The summed E-state index contributed by atoms with van der Waals surface area (Å²) >= 11 is 4.33. The highest BCUT2D eigenvalue weighted by Gasteiger charge is 2.00. The van der Waals surface area contributed by atoms with Gasteiger partial charge in [-0.2, -0.15) is 0 Å². The number of thiol groups is 1. The summed E-state index contributed by atoms with van der Waals surface area (Å²) in [6.45, 7) is 2.17. The quantitative estimate of drug-likeness (QED) is 0.532. The molecule has 0 aliphatic heterocycles. The zero-order valence-electron chi connectivity index (χ0n) is 5.72. The third-order valence-electron chi connectivity index (χ3n) is 1.60. The van der Waals surface area contributed by atoms with Gasteiger partial charge in [-0.15, -0.1) is 12.6 Å². The van der Waals surface area contributed by atoms with Crippen LogP contribution in [0.25, 0.3) is 0 Å². The molecular formula is C8H12S. The Bertz CT molecular complexity index is 154. The standard InChI is InChI=1S/C8H12S/c1-2-7-5-3-4-6-8(7)9/h5-6,9H,2-4H2,1H3. The first-order valence-electron chi connectivity index (χ1n) is 3.43. The molecule has 0 saturated carbocycles. The minimum atomic E-state index is 1.12. The average molecular weight is 140 g/mol. The molecule has 1 rings (SSSR count). The van der Waals surface area contributed by atoms with Gasteiger partial charge in [-0.05, 0) is 24.8 Å². The summed E-state index contributed by atoms with van der Waals surface area (Å²) in [6, 6.07) is 0. The van der Waals surface area contributed by atoms with Crippen molar-refractivity contribution < 1.29 is 0 Å². The second-order valence-electron chi connectivity index (χ2n) is 2.25. The Balaban J connectivity index is 2.68. The molecule has 0 heterocycles. The van der Waals surface area contributed by atoms with Crippen molar-refractivity contribution in [3.05, 3.63) is 22.6 Å². The van der Waals surface area contributed by atoms with Gasteiger partial charge in [0.2, 0.25) is 0 Å². The maximum Gasteiger partial charge on any atom is 0.00289 e. The first kappa shape index (κ1) is 6.94. The fraction of sp³-hybridized carbons (Fsp3) is 0.500. The highest BCUT2D eigenvalue weighted by molar-refractivity contribution is 7.84. The van der Waals surface area contributed by atoms with Crippen LogP contribution in [0.3, 0.4) is 0 Å². The van der Waals surface area contributed by atoms with E-state index in [1.54, 1.807) is 0 Å². The van der Waals surface area contributed by atoms with E-state index in [2.05, 4.69) is 31.7 Å². The monoisotopic (exact) mass is 140 g/mol. The summed E-state index contributed by atoms with van der Waals surface area (Å²) in [5.41, 5.74) is 1.41. The van der Waals surface area contributed by atoms with E-state index in [0.717, 1.165) is 6.42 Å². The average Bonchev–Trinajstić information content (AvgIpc) is 1.89. The third-order valence-corrected chi connectivity index (χ3v) is 2.07. The van der Waals surface area contributed by atoms with E-state index in [4.69, 9.17) is 0 Å². The summed E-state index contributed by atoms with van der Waals surface area (Å²) in [6.07, 6.45) is 7.97. The van der Waals surface area contributed by atoms with Crippen LogP contribution in [-0.4, -0.2) is 0 Å². The van der Waals surface area contributed by atoms with Gasteiger partial charge < -0.3 is 0 Å². The molecular weight excluding hydrogens is 128 g/mol. The molecule has 0 unspecified atom stereocenters. The van der Waals surface area contributed by atoms with E-state index in [1.165, 1.54) is 23.3 Å². The van der Waals surface area contributed by atoms with Crippen molar-refractivity contribution in [2.75, 3.05) is 0 Å². The Hall–Kier alpha value is -0.170. The Morgan fingerprint density at radius 2 is 2.11 bits per heavy atom. The molecule has 0 saturated heterocycles. The molecule has 1 aliphatic rings. The summed E-state index contributed by atoms with van der Waals surface area (Å²) in [5, 5.41) is 0. The van der Waals surface area contributed by atoms with E-state index in [0.29, 0.717) is 0 Å². The van der Waals surface area contributed by atoms with Gasteiger partial charge in [0.15, 0.2) is 0 Å². The van der Waals surface area contributed by atoms with Crippen molar-refractivity contribution in [2.24, 2.45) is 0 Å². The zero-order valence-corrected chi connectivity index (χ0v) is 6.62. The maximum absolute atomic E-state index is 4.33. The molecule has 0 bridgehead atoms. The lowest BCUT2D eigenvalue weighted by molar-refractivity contribution is 0.978. The van der Waals surface area contributed by atoms with Gasteiger partial charge in [-0.25, -0.2) is 0 Å². The molecule has 0 nitrogen and oxygen atoms in total. The van der Waals surface area contributed by atoms with E-state index in [1.807, 2.05) is 0 Å². The molecule has 0 aromatic carbocycles. The third kappa shape index (κ3) is 1.62. The topological polar surface area (TPSA) is 0 Å². The first-order chi connectivity index (χ1) is 4.34. The maximum atomic E-state index is 4.33. The summed E-state index contributed by atoms with van der Waals surface area (Å²) in [4.78, 5) is 1.18. The highest BCUT2D eigenvalue weighted by Crippen LogP contribution is 2.23. The number of rotatable bonds is 1. The molecule has 0 radical (unpaired) electrons. The van der Waals surface area contributed by atoms with Crippen molar-refractivity contribution in [2.45, 2.75) is 26.2 Å². The fourth-order valence-corrected chi connectivity index (χ4v) is 1.42. The van der Waals surface area contributed by atoms with Crippen LogP contribution < -0.4 is 0 Å². The smallest absolute Gasteiger partial charge is 0.00289 e. The summed E-state index contributed by atoms with van der Waals surface area (Å²) < 4.78 is 0. The van der Waals surface area contributed by atoms with E-state index in [9.17, 15) is 0 Å². The number of hydrogen-bond acceptors (Lipinski definition) is 1. The molecule has 0 atom stereocenters. The lowest BCUT2D eigenvalue weighted by Crippen LogP contribution is -1.87. The summed E-state index contributed by atoms with van der Waals surface area (Å²) in [7, 11) is 0. The minimum absolute atomic E-state index is 1.12. The molecule has 0 N–H and O–H groups in total. The van der Waals surface area contributed by atoms with Crippen molar-refractivity contribution in [3.63, 3.8) is 0 Å². The Morgan fingerprint density at radius 3 is 2.56 bits per heavy atom. The van der Waals surface area contributed by atoms with Crippen LogP contribution in [0.5, 0.6) is 0 Å². The lowest BCUT2D eigenvalue weighted by Gasteiger charge is -2.08. The van der Waals surface area contributed by atoms with Crippen LogP contribution in [-0.2, 0) is 0 Å². The zero-order chi connectivity index (χ0) is 6.69. The van der Waals surface area contributed by atoms with Gasteiger partial charge in [-0.1, -0.05) is 19.1 Å². The second-order valence-corrected chi connectivity index (χ2v) is 2.73. The molecule has 9 heavy (non-hydrogen) atoms. The molecule has 0 spiro atoms. The Kier molecular flexibility index (Phi) is 2.40. The van der Waals surface area contributed by atoms with Gasteiger partial charge in [0.1, 0.15) is 0 Å². The van der Waals surface area contributed by atoms with Crippen molar-refractivity contribution in [1.82, 2.24) is 0 Å². The number of allylic oxidation sites excluding steroid dienone is 3. The van der Waals surface area contributed by atoms with Crippen molar-refractivity contribution in [1.29, 1.82) is 0 Å². The largest absolute Gasteiger partial charge is 0.143 e. The molecule has 0 fully saturated rings. The van der Waals surface area contributed by atoms with Gasteiger partial charge in [-0.3, -0.25) is 0 Å². The Morgan fingerprint density at radius 1 is 1.44 bits per heavy atom. The van der Waals surface area contributed by atoms with Crippen LogP contribution in [0.2, 0.25) is 0 Å². The Labute approximate surface area is 62.1 Å². The molecule has 1 aliphatic carbocycles. The van der Waals surface area contributed by atoms with E-state index in [-0.39, 0.29) is 0 Å². The molecule has 50 valence electrons. The van der Waals surface area contributed by atoms with Crippen LogP contribution >= 0.6 is 12.6 Å². The van der Waals surface area contributed by atoms with Gasteiger partial charge in [0, 0.05) is 4.91 Å². The van der Waals surface area contributed by atoms with Crippen LogP contribution in [0.15, 0.2) is 22.6 Å².